The molecular weight excluding hydrogens is 597 g/mol. The summed E-state index contributed by atoms with van der Waals surface area (Å²) >= 11 is 0. The van der Waals surface area contributed by atoms with E-state index in [0.717, 1.165) is 47.5 Å². The zero-order valence-corrected chi connectivity index (χ0v) is 25.1. The molecule has 13 heteroatoms. The lowest BCUT2D eigenvalue weighted by Gasteiger charge is -2.33. The highest BCUT2D eigenvalue weighted by Crippen LogP contribution is 2.35. The lowest BCUT2D eigenvalue weighted by Crippen LogP contribution is -2.47. The highest BCUT2D eigenvalue weighted by molar-refractivity contribution is 7.88. The van der Waals surface area contributed by atoms with E-state index in [-0.39, 0.29) is 48.3 Å². The fourth-order valence-corrected chi connectivity index (χ4v) is 5.66. The quantitative estimate of drug-likeness (QED) is 0.321. The van der Waals surface area contributed by atoms with Crippen molar-refractivity contribution < 1.29 is 36.3 Å². The molecule has 3 aromatic rings. The Morgan fingerprint density at radius 2 is 1.61 bits per heavy atom. The predicted octanol–water partition coefficient (Wildman–Crippen LogP) is 6.18. The summed E-state index contributed by atoms with van der Waals surface area (Å²) < 4.78 is 63.2. The van der Waals surface area contributed by atoms with Crippen LogP contribution in [0.1, 0.15) is 39.9 Å². The first-order valence-corrected chi connectivity index (χ1v) is 15.8. The van der Waals surface area contributed by atoms with E-state index in [1.165, 1.54) is 16.4 Å². The number of amides is 1. The summed E-state index contributed by atoms with van der Waals surface area (Å²) in [5.74, 6) is -0.690. The smallest absolute Gasteiger partial charge is 0.416 e. The Balaban J connectivity index is 0.000000201. The molecule has 5 rings (SSSR count). The van der Waals surface area contributed by atoms with Gasteiger partial charge in [0.05, 0.1) is 17.4 Å². The average molecular weight is 632 g/mol. The number of carbonyl (C=O) groups excluding carboxylic acids is 1. The molecule has 0 atom stereocenters. The van der Waals surface area contributed by atoms with Crippen molar-refractivity contribution in [1.82, 2.24) is 9.21 Å². The van der Waals surface area contributed by atoms with E-state index in [2.05, 4.69) is 5.32 Å². The first-order valence-electron chi connectivity index (χ1n) is 14.0. The van der Waals surface area contributed by atoms with Gasteiger partial charge in [0.2, 0.25) is 15.9 Å². The van der Waals surface area contributed by atoms with E-state index in [4.69, 9.17) is 10.8 Å². The molecule has 3 aromatic carbocycles. The number of sulfonamides is 1. The Hall–Kier alpha value is -3.94. The highest BCUT2D eigenvalue weighted by atomic mass is 32.2. The molecule has 44 heavy (non-hydrogen) atoms. The van der Waals surface area contributed by atoms with Crippen molar-refractivity contribution in [2.24, 2.45) is 5.92 Å². The molecule has 0 bridgehead atoms. The second kappa shape index (κ2) is 13.4. The van der Waals surface area contributed by atoms with Crippen LogP contribution in [-0.4, -0.2) is 67.0 Å². The molecule has 2 aliphatic rings. The zero-order valence-electron chi connectivity index (χ0n) is 24.3. The van der Waals surface area contributed by atoms with Gasteiger partial charge in [0.25, 0.3) is 0 Å². The number of aryl methyl sites for hydroxylation is 1. The second-order valence-corrected chi connectivity index (χ2v) is 13.0. The lowest BCUT2D eigenvalue weighted by atomic mass is 9.99. The number of carbonyl (C=O) groups is 2. The number of hydrogen-bond donors (Lipinski definition) is 2. The first-order chi connectivity index (χ1) is 20.6. The molecule has 0 unspecified atom stereocenters. The van der Waals surface area contributed by atoms with Gasteiger partial charge in [0.15, 0.2) is 0 Å². The summed E-state index contributed by atoms with van der Waals surface area (Å²) in [7, 11) is -3.26. The van der Waals surface area contributed by atoms with Gasteiger partial charge in [-0.3, -0.25) is 9.69 Å². The number of anilines is 1. The van der Waals surface area contributed by atoms with Gasteiger partial charge in [-0.2, -0.15) is 17.5 Å². The largest absolute Gasteiger partial charge is 0.699 e. The van der Waals surface area contributed by atoms with Gasteiger partial charge in [0, 0.05) is 44.3 Å². The third-order valence-corrected chi connectivity index (χ3v) is 8.81. The summed E-state index contributed by atoms with van der Waals surface area (Å²) in [6.45, 7) is 3.40. The standard InChI is InChI=1S/C18H17NO3.C13H17F3N3O2S/c1-11-2-9-15(19-17(20)13-5-6-13)10-16(11)12-3-7-14(8-4-12)18(21)22;1-22(20,21)19-6-4-18(5-7-19)9-10-2-3-11(17)8-12(10)13(14,15)16/h2-4,7-10,13H,5-6H2,1H3,(H,19,20)(H,21,22);2-3,8,17H,4-7,9H2,1H3/q;-1. The van der Waals surface area contributed by atoms with Crippen LogP contribution in [0.2, 0.25) is 0 Å². The molecule has 0 radical (unpaired) electrons. The molecule has 1 saturated carbocycles. The summed E-state index contributed by atoms with van der Waals surface area (Å²) in [6, 6.07) is 16.0. The van der Waals surface area contributed by atoms with E-state index >= 15 is 0 Å². The number of carboxylic acid groups (broad SMARTS) is 1. The van der Waals surface area contributed by atoms with Gasteiger partial charge in [-0.25, -0.2) is 13.2 Å². The molecule has 1 heterocycles. The second-order valence-electron chi connectivity index (χ2n) is 11.0. The van der Waals surface area contributed by atoms with Crippen molar-refractivity contribution >= 4 is 33.3 Å². The number of halogens is 3. The number of carboxylic acids is 1. The Morgan fingerprint density at radius 3 is 2.16 bits per heavy atom. The molecule has 1 saturated heterocycles. The van der Waals surface area contributed by atoms with E-state index in [1.54, 1.807) is 29.2 Å². The molecule has 0 aromatic heterocycles. The van der Waals surface area contributed by atoms with Crippen molar-refractivity contribution in [2.45, 2.75) is 32.5 Å². The molecule has 3 N–H and O–H groups in total. The van der Waals surface area contributed by atoms with Crippen LogP contribution in [0.4, 0.5) is 24.5 Å². The van der Waals surface area contributed by atoms with Crippen molar-refractivity contribution in [3.05, 3.63) is 88.7 Å². The number of benzene rings is 3. The average Bonchev–Trinajstić information content (AvgIpc) is 3.81. The summed E-state index contributed by atoms with van der Waals surface area (Å²) in [4.78, 5) is 24.6. The van der Waals surface area contributed by atoms with Crippen LogP contribution < -0.4 is 5.32 Å². The summed E-state index contributed by atoms with van der Waals surface area (Å²) in [6.07, 6.45) is -1.43. The number of rotatable bonds is 7. The zero-order chi connectivity index (χ0) is 32.2. The normalized spacial score (nSPS) is 16.1. The van der Waals surface area contributed by atoms with Crippen LogP contribution >= 0.6 is 0 Å². The maximum atomic E-state index is 13.0. The lowest BCUT2D eigenvalue weighted by molar-refractivity contribution is -0.138. The number of piperazine rings is 1. The van der Waals surface area contributed by atoms with E-state index < -0.39 is 27.7 Å². The van der Waals surface area contributed by atoms with Crippen molar-refractivity contribution in [3.63, 3.8) is 0 Å². The van der Waals surface area contributed by atoms with Gasteiger partial charge in [-0.1, -0.05) is 36.4 Å². The topological polar surface area (TPSA) is 131 Å². The van der Waals surface area contributed by atoms with E-state index in [1.807, 2.05) is 25.1 Å². The minimum atomic E-state index is -4.50. The Labute approximate surface area is 254 Å². The molecule has 1 aliphatic heterocycles. The predicted molar refractivity (Wildman–Crippen MR) is 162 cm³/mol. The molecule has 1 amide bonds. The third kappa shape index (κ3) is 8.80. The first kappa shape index (κ1) is 33.0. The van der Waals surface area contributed by atoms with Crippen LogP contribution in [0, 0.1) is 12.8 Å². The number of hydrogen-bond acceptors (Lipinski definition) is 5. The van der Waals surface area contributed by atoms with Crippen LogP contribution in [0.3, 0.4) is 0 Å². The fourth-order valence-electron chi connectivity index (χ4n) is 4.83. The Kier molecular flexibility index (Phi) is 10.0. The molecule has 236 valence electrons. The molecular formula is C31H34F3N4O5S-. The van der Waals surface area contributed by atoms with Crippen molar-refractivity contribution in [2.75, 3.05) is 37.8 Å². The monoisotopic (exact) mass is 631 g/mol. The maximum Gasteiger partial charge on any atom is 0.416 e. The minimum Gasteiger partial charge on any atom is -0.699 e. The fraction of sp³-hybridized carbons (Fsp3) is 0.355. The number of nitrogens with zero attached hydrogens (tertiary/aromatic N) is 2. The number of aromatic carboxylic acids is 1. The molecule has 1 aliphatic carbocycles. The van der Waals surface area contributed by atoms with Gasteiger partial charge < -0.3 is 16.2 Å². The van der Waals surface area contributed by atoms with Gasteiger partial charge in [-0.15, -0.1) is 5.69 Å². The SMILES string of the molecule is CS(=O)(=O)N1CCN(Cc2ccc([NH-])cc2C(F)(F)F)CC1.Cc1ccc(NC(=O)C2CC2)cc1-c1ccc(C(=O)O)cc1. The van der Waals surface area contributed by atoms with Crippen molar-refractivity contribution in [1.29, 1.82) is 0 Å². The van der Waals surface area contributed by atoms with Crippen LogP contribution in [0.15, 0.2) is 60.7 Å². The highest BCUT2D eigenvalue weighted by Gasteiger charge is 2.34. The maximum absolute atomic E-state index is 13.0. The van der Waals surface area contributed by atoms with Crippen molar-refractivity contribution in [3.8, 4) is 11.1 Å². The van der Waals surface area contributed by atoms with Crippen LogP contribution in [0.25, 0.3) is 16.9 Å². The van der Waals surface area contributed by atoms with Crippen LogP contribution in [0.5, 0.6) is 0 Å². The van der Waals surface area contributed by atoms with Gasteiger partial charge >= 0.3 is 12.1 Å². The Morgan fingerprint density at radius 1 is 0.977 bits per heavy atom. The molecule has 9 nitrogen and oxygen atoms in total. The number of alkyl halides is 3. The third-order valence-electron chi connectivity index (χ3n) is 7.51. The van der Waals surface area contributed by atoms with E-state index in [9.17, 15) is 31.2 Å². The summed E-state index contributed by atoms with van der Waals surface area (Å²) in [5, 5.41) is 11.9. The van der Waals surface area contributed by atoms with Gasteiger partial charge in [0.1, 0.15) is 0 Å². The summed E-state index contributed by atoms with van der Waals surface area (Å²) in [5.41, 5.74) is 10.5. The van der Waals surface area contributed by atoms with E-state index in [0.29, 0.717) is 13.1 Å². The van der Waals surface area contributed by atoms with Crippen LogP contribution in [-0.2, 0) is 27.5 Å². The Bertz CT molecular complexity index is 1620. The number of nitrogens with one attached hydrogen (secondary N) is 2. The molecule has 2 fully saturated rings. The van der Waals surface area contributed by atoms with Gasteiger partial charge in [-0.05, 0) is 66.3 Å². The minimum absolute atomic E-state index is 0.0797. The molecule has 0 spiro atoms.